The van der Waals surface area contributed by atoms with Gasteiger partial charge in [-0.1, -0.05) is 35.9 Å². The lowest BCUT2D eigenvalue weighted by Gasteiger charge is -2.36. The minimum Gasteiger partial charge on any atom is -0.372 e. The summed E-state index contributed by atoms with van der Waals surface area (Å²) in [6.45, 7) is 9.99. The third-order valence-electron chi connectivity index (χ3n) is 5.56. The van der Waals surface area contributed by atoms with Crippen molar-refractivity contribution in [3.63, 3.8) is 0 Å². The van der Waals surface area contributed by atoms with Gasteiger partial charge in [0.2, 0.25) is 5.95 Å². The summed E-state index contributed by atoms with van der Waals surface area (Å²) in [4.78, 5) is 7.38. The number of benzene rings is 2. The van der Waals surface area contributed by atoms with Gasteiger partial charge in [-0.25, -0.2) is 9.38 Å². The van der Waals surface area contributed by atoms with Crippen LogP contribution in [-0.2, 0) is 4.74 Å². The number of aromatic nitrogens is 4. The van der Waals surface area contributed by atoms with E-state index >= 15 is 0 Å². The Balaban J connectivity index is 1.83. The van der Waals surface area contributed by atoms with E-state index in [1.807, 2.05) is 12.1 Å². The van der Waals surface area contributed by atoms with Crippen LogP contribution in [0, 0.1) is 13.8 Å². The first-order chi connectivity index (χ1) is 14.0. The van der Waals surface area contributed by atoms with Crippen molar-refractivity contribution in [2.24, 2.45) is 0 Å². The minimum absolute atomic E-state index is 0.141. The van der Waals surface area contributed by atoms with Gasteiger partial charge in [0.05, 0.1) is 17.7 Å². The fraction of sp³-hybridized carbons (Fsp3) is 0.348. The Hall–Kier alpha value is -2.99. The minimum atomic E-state index is 0.141. The molecule has 1 saturated heterocycles. The predicted octanol–water partition coefficient (Wildman–Crippen LogP) is 4.17. The van der Waals surface area contributed by atoms with E-state index in [1.165, 1.54) is 11.1 Å². The summed E-state index contributed by atoms with van der Waals surface area (Å²) in [7, 11) is 0. The molecule has 3 heterocycles. The third kappa shape index (κ3) is 3.04. The second-order valence-electron chi connectivity index (χ2n) is 8.09. The first-order valence-corrected chi connectivity index (χ1v) is 10.1. The van der Waals surface area contributed by atoms with Crippen molar-refractivity contribution in [2.45, 2.75) is 39.9 Å². The van der Waals surface area contributed by atoms with Gasteiger partial charge in [0.1, 0.15) is 0 Å². The van der Waals surface area contributed by atoms with Crippen molar-refractivity contribution in [3.05, 3.63) is 53.6 Å². The molecule has 2 aromatic heterocycles. The maximum Gasteiger partial charge on any atom is 0.213 e. The van der Waals surface area contributed by atoms with Crippen molar-refractivity contribution in [1.29, 1.82) is 0 Å². The summed E-state index contributed by atoms with van der Waals surface area (Å²) >= 11 is 0. The van der Waals surface area contributed by atoms with Gasteiger partial charge in [-0.2, -0.15) is 0 Å². The fourth-order valence-corrected chi connectivity index (χ4v) is 4.28. The SMILES string of the molecule is Cc1ccc2nc(N3CC(C)OC(C)C3)n3c(-c4ccccc4C)nnc3c2c1. The monoisotopic (exact) mass is 387 g/mol. The Morgan fingerprint density at radius 2 is 1.72 bits per heavy atom. The van der Waals surface area contributed by atoms with E-state index in [2.05, 4.69) is 77.5 Å². The second-order valence-corrected chi connectivity index (χ2v) is 8.09. The molecule has 0 N–H and O–H groups in total. The van der Waals surface area contributed by atoms with Crippen LogP contribution in [0.1, 0.15) is 25.0 Å². The number of morpholine rings is 1. The zero-order valence-electron chi connectivity index (χ0n) is 17.3. The summed E-state index contributed by atoms with van der Waals surface area (Å²) in [6.07, 6.45) is 0.283. The van der Waals surface area contributed by atoms with Crippen LogP contribution >= 0.6 is 0 Å². The van der Waals surface area contributed by atoms with E-state index in [0.29, 0.717) is 0 Å². The van der Waals surface area contributed by atoms with E-state index < -0.39 is 0 Å². The molecule has 1 fully saturated rings. The van der Waals surface area contributed by atoms with Crippen LogP contribution in [-0.4, -0.2) is 44.9 Å². The maximum atomic E-state index is 5.96. The highest BCUT2D eigenvalue weighted by Crippen LogP contribution is 2.31. The third-order valence-corrected chi connectivity index (χ3v) is 5.56. The lowest BCUT2D eigenvalue weighted by molar-refractivity contribution is -0.00576. The molecular formula is C23H25N5O. The van der Waals surface area contributed by atoms with Gasteiger partial charge >= 0.3 is 0 Å². The number of fused-ring (bicyclic) bond motifs is 3. The summed E-state index contributed by atoms with van der Waals surface area (Å²) in [6, 6.07) is 14.6. The molecule has 0 spiro atoms. The highest BCUT2D eigenvalue weighted by Gasteiger charge is 2.27. The number of anilines is 1. The Labute approximate surface area is 170 Å². The molecular weight excluding hydrogens is 362 g/mol. The van der Waals surface area contributed by atoms with Gasteiger partial charge in [0, 0.05) is 24.0 Å². The number of hydrogen-bond donors (Lipinski definition) is 0. The van der Waals surface area contributed by atoms with Gasteiger partial charge in [0.15, 0.2) is 11.5 Å². The van der Waals surface area contributed by atoms with Gasteiger partial charge in [0.25, 0.3) is 0 Å². The highest BCUT2D eigenvalue weighted by atomic mass is 16.5. The molecule has 0 amide bonds. The molecule has 1 aliphatic heterocycles. The predicted molar refractivity (Wildman–Crippen MR) is 115 cm³/mol. The van der Waals surface area contributed by atoms with Gasteiger partial charge in [-0.15, -0.1) is 10.2 Å². The first kappa shape index (κ1) is 18.1. The van der Waals surface area contributed by atoms with E-state index in [1.54, 1.807) is 0 Å². The largest absolute Gasteiger partial charge is 0.372 e. The Morgan fingerprint density at radius 3 is 2.48 bits per heavy atom. The number of aryl methyl sites for hydroxylation is 2. The number of rotatable bonds is 2. The molecule has 0 saturated carbocycles. The summed E-state index contributed by atoms with van der Waals surface area (Å²) in [5.41, 5.74) is 5.21. The van der Waals surface area contributed by atoms with Gasteiger partial charge in [-0.3, -0.25) is 0 Å². The molecule has 2 aromatic carbocycles. The summed E-state index contributed by atoms with van der Waals surface area (Å²) in [5.74, 6) is 1.71. The average molecular weight is 387 g/mol. The highest BCUT2D eigenvalue weighted by molar-refractivity contribution is 5.94. The summed E-state index contributed by atoms with van der Waals surface area (Å²) in [5, 5.41) is 10.3. The normalized spacial score (nSPS) is 19.9. The fourth-order valence-electron chi connectivity index (χ4n) is 4.28. The zero-order chi connectivity index (χ0) is 20.1. The molecule has 0 bridgehead atoms. The molecule has 29 heavy (non-hydrogen) atoms. The molecule has 0 radical (unpaired) electrons. The van der Waals surface area contributed by atoms with Crippen LogP contribution in [0.15, 0.2) is 42.5 Å². The molecule has 4 aromatic rings. The number of hydrogen-bond acceptors (Lipinski definition) is 5. The van der Waals surface area contributed by atoms with Gasteiger partial charge in [-0.05, 0) is 45.4 Å². The van der Waals surface area contributed by atoms with Crippen LogP contribution in [0.5, 0.6) is 0 Å². The number of nitrogens with zero attached hydrogens (tertiary/aromatic N) is 5. The average Bonchev–Trinajstić information content (AvgIpc) is 3.12. The van der Waals surface area contributed by atoms with Crippen molar-refractivity contribution in [1.82, 2.24) is 19.6 Å². The van der Waals surface area contributed by atoms with Crippen LogP contribution < -0.4 is 4.90 Å². The maximum absolute atomic E-state index is 5.96. The van der Waals surface area contributed by atoms with Crippen molar-refractivity contribution >= 4 is 22.5 Å². The van der Waals surface area contributed by atoms with Crippen molar-refractivity contribution < 1.29 is 4.74 Å². The lowest BCUT2D eigenvalue weighted by atomic mass is 10.1. The van der Waals surface area contributed by atoms with E-state index in [4.69, 9.17) is 9.72 Å². The lowest BCUT2D eigenvalue weighted by Crippen LogP contribution is -2.46. The molecule has 5 rings (SSSR count). The quantitative estimate of drug-likeness (QED) is 0.517. The van der Waals surface area contributed by atoms with Crippen molar-refractivity contribution in [2.75, 3.05) is 18.0 Å². The Bertz CT molecular complexity index is 1200. The molecule has 2 atom stereocenters. The topological polar surface area (TPSA) is 55.6 Å². The summed E-state index contributed by atoms with van der Waals surface area (Å²) < 4.78 is 8.08. The molecule has 6 nitrogen and oxygen atoms in total. The van der Waals surface area contributed by atoms with Gasteiger partial charge < -0.3 is 9.64 Å². The standard InChI is InChI=1S/C23H25N5O/c1-14-9-10-20-19(11-14)22-26-25-21(18-8-6-5-7-15(18)2)28(22)23(24-20)27-12-16(3)29-17(4)13-27/h5-11,16-17H,12-13H2,1-4H3. The first-order valence-electron chi connectivity index (χ1n) is 10.1. The van der Waals surface area contributed by atoms with Crippen molar-refractivity contribution in [3.8, 4) is 11.4 Å². The zero-order valence-corrected chi connectivity index (χ0v) is 17.3. The smallest absolute Gasteiger partial charge is 0.213 e. The molecule has 0 aliphatic carbocycles. The molecule has 1 aliphatic rings. The van der Waals surface area contributed by atoms with E-state index in [0.717, 1.165) is 47.0 Å². The molecule has 6 heteroatoms. The Morgan fingerprint density at radius 1 is 0.966 bits per heavy atom. The van der Waals surface area contributed by atoms with Crippen LogP contribution in [0.3, 0.4) is 0 Å². The van der Waals surface area contributed by atoms with E-state index in [-0.39, 0.29) is 12.2 Å². The van der Waals surface area contributed by atoms with Crippen LogP contribution in [0.25, 0.3) is 27.9 Å². The van der Waals surface area contributed by atoms with Crippen LogP contribution in [0.4, 0.5) is 5.95 Å². The van der Waals surface area contributed by atoms with E-state index in [9.17, 15) is 0 Å². The Kier molecular flexibility index (Phi) is 4.24. The molecule has 2 unspecified atom stereocenters. The van der Waals surface area contributed by atoms with Crippen LogP contribution in [0.2, 0.25) is 0 Å². The molecule has 148 valence electrons. The number of ether oxygens (including phenoxy) is 1. The second kappa shape index (κ2) is 6.81.